The van der Waals surface area contributed by atoms with Crippen LogP contribution in [0.3, 0.4) is 0 Å². The molecule has 1 aliphatic carbocycles. The highest BCUT2D eigenvalue weighted by Crippen LogP contribution is 2.29. The summed E-state index contributed by atoms with van der Waals surface area (Å²) in [7, 11) is -4.20. The highest BCUT2D eigenvalue weighted by atomic mass is 35.5. The summed E-state index contributed by atoms with van der Waals surface area (Å²) >= 11 is 14.0. The molecule has 248 valence electrons. The van der Waals surface area contributed by atoms with E-state index in [9.17, 15) is 18.0 Å². The Morgan fingerprint density at radius 3 is 2.22 bits per heavy atom. The van der Waals surface area contributed by atoms with Crippen LogP contribution in [0.25, 0.3) is 0 Å². The standard InChI is InChI=1S/C34H41Cl2N3O5S2/c1-4-32(34(41)37-25-9-7-6-8-10-25)38(22-24-11-20-30(35)31(36)21-24)33(40)23-39(26-12-14-27(15-13-26)44-5-2)46(42,43)29-18-16-28(45-3)17-19-29/h11-21,25,32H,4-10,22-23H2,1-3H3,(H,37,41). The van der Waals surface area contributed by atoms with Crippen molar-refractivity contribution in [2.75, 3.05) is 23.7 Å². The zero-order valence-electron chi connectivity index (χ0n) is 26.4. The molecular formula is C34H41Cl2N3O5S2. The monoisotopic (exact) mass is 705 g/mol. The molecule has 46 heavy (non-hydrogen) atoms. The minimum Gasteiger partial charge on any atom is -0.494 e. The van der Waals surface area contributed by atoms with Crippen LogP contribution in [-0.2, 0) is 26.2 Å². The van der Waals surface area contributed by atoms with Gasteiger partial charge in [-0.05, 0) is 98.7 Å². The predicted molar refractivity (Wildman–Crippen MR) is 186 cm³/mol. The third-order valence-corrected chi connectivity index (χ3v) is 11.3. The SMILES string of the molecule is CCOc1ccc(N(CC(=O)N(Cc2ccc(Cl)c(Cl)c2)C(CC)C(=O)NC2CCCCC2)S(=O)(=O)c2ccc(SC)cc2)cc1. The summed E-state index contributed by atoms with van der Waals surface area (Å²) in [5.74, 6) is -0.216. The Bertz CT molecular complexity index is 1580. The van der Waals surface area contributed by atoms with Crippen LogP contribution in [0.1, 0.15) is 57.9 Å². The number of thioether (sulfide) groups is 1. The Hall–Kier alpha value is -2.92. The predicted octanol–water partition coefficient (Wildman–Crippen LogP) is 7.57. The summed E-state index contributed by atoms with van der Waals surface area (Å²) in [5, 5.41) is 3.84. The molecule has 1 atom stereocenters. The van der Waals surface area contributed by atoms with E-state index in [0.29, 0.717) is 40.1 Å². The van der Waals surface area contributed by atoms with Crippen molar-refractivity contribution in [3.05, 3.63) is 82.3 Å². The number of benzene rings is 3. The number of halogens is 2. The second-order valence-electron chi connectivity index (χ2n) is 11.2. The first-order chi connectivity index (χ1) is 22.1. The molecule has 1 fully saturated rings. The Kier molecular flexibility index (Phi) is 13.1. The third kappa shape index (κ3) is 9.12. The number of nitrogens with one attached hydrogen (secondary N) is 1. The maximum absolute atomic E-state index is 14.4. The molecule has 3 aromatic carbocycles. The normalized spacial score (nSPS) is 14.4. The smallest absolute Gasteiger partial charge is 0.264 e. The summed E-state index contributed by atoms with van der Waals surface area (Å²) in [6.45, 7) is 3.65. The first kappa shape index (κ1) is 35.9. The maximum Gasteiger partial charge on any atom is 0.264 e. The fraction of sp³-hybridized carbons (Fsp3) is 0.412. The Labute approximate surface area is 286 Å². The van der Waals surface area contributed by atoms with Gasteiger partial charge in [0.25, 0.3) is 10.0 Å². The van der Waals surface area contributed by atoms with Gasteiger partial charge in [0.2, 0.25) is 11.8 Å². The fourth-order valence-corrected chi connectivity index (χ4v) is 7.72. The lowest BCUT2D eigenvalue weighted by Gasteiger charge is -2.34. The average molecular weight is 707 g/mol. The van der Waals surface area contributed by atoms with Gasteiger partial charge in [0.1, 0.15) is 18.3 Å². The van der Waals surface area contributed by atoms with Crippen LogP contribution in [0.15, 0.2) is 76.5 Å². The van der Waals surface area contributed by atoms with Gasteiger partial charge < -0.3 is 15.0 Å². The number of amides is 2. The van der Waals surface area contributed by atoms with Crippen LogP contribution in [0.4, 0.5) is 5.69 Å². The maximum atomic E-state index is 14.4. The van der Waals surface area contributed by atoms with Gasteiger partial charge in [-0.3, -0.25) is 13.9 Å². The highest BCUT2D eigenvalue weighted by molar-refractivity contribution is 7.98. The van der Waals surface area contributed by atoms with Crippen LogP contribution in [0, 0.1) is 0 Å². The molecule has 3 aromatic rings. The van der Waals surface area contributed by atoms with Gasteiger partial charge in [-0.2, -0.15) is 0 Å². The van der Waals surface area contributed by atoms with E-state index in [-0.39, 0.29) is 23.4 Å². The summed E-state index contributed by atoms with van der Waals surface area (Å²) in [5.41, 5.74) is 0.953. The van der Waals surface area contributed by atoms with Crippen molar-refractivity contribution in [1.29, 1.82) is 0 Å². The van der Waals surface area contributed by atoms with Crippen molar-refractivity contribution in [1.82, 2.24) is 10.2 Å². The Morgan fingerprint density at radius 1 is 0.957 bits per heavy atom. The van der Waals surface area contributed by atoms with Crippen LogP contribution in [-0.4, -0.2) is 56.6 Å². The lowest BCUT2D eigenvalue weighted by atomic mass is 9.95. The number of anilines is 1. The van der Waals surface area contributed by atoms with E-state index in [1.165, 1.54) is 28.8 Å². The van der Waals surface area contributed by atoms with Crippen molar-refractivity contribution >= 4 is 62.5 Å². The van der Waals surface area contributed by atoms with E-state index in [2.05, 4.69) is 5.32 Å². The molecular weight excluding hydrogens is 665 g/mol. The molecule has 12 heteroatoms. The number of ether oxygens (including phenoxy) is 1. The van der Waals surface area contributed by atoms with Gasteiger partial charge >= 0.3 is 0 Å². The largest absolute Gasteiger partial charge is 0.494 e. The topological polar surface area (TPSA) is 96.0 Å². The molecule has 1 unspecified atom stereocenters. The molecule has 8 nitrogen and oxygen atoms in total. The van der Waals surface area contributed by atoms with Crippen LogP contribution >= 0.6 is 35.0 Å². The molecule has 1 aliphatic rings. The molecule has 0 saturated heterocycles. The summed E-state index contributed by atoms with van der Waals surface area (Å²) in [6.07, 6.45) is 7.25. The van der Waals surface area contributed by atoms with E-state index in [1.807, 2.05) is 20.1 Å². The number of hydrogen-bond acceptors (Lipinski definition) is 6. The first-order valence-electron chi connectivity index (χ1n) is 15.5. The Balaban J connectivity index is 1.72. The molecule has 1 saturated carbocycles. The van der Waals surface area contributed by atoms with Crippen molar-refractivity contribution in [2.24, 2.45) is 0 Å². The van der Waals surface area contributed by atoms with Crippen LogP contribution in [0.5, 0.6) is 5.75 Å². The number of nitrogens with zero attached hydrogens (tertiary/aromatic N) is 2. The van der Waals surface area contributed by atoms with Gasteiger partial charge in [0.15, 0.2) is 0 Å². The van der Waals surface area contributed by atoms with Crippen molar-refractivity contribution < 1.29 is 22.7 Å². The molecule has 0 aromatic heterocycles. The molecule has 0 bridgehead atoms. The molecule has 0 radical (unpaired) electrons. The number of rotatable bonds is 14. The second-order valence-corrected chi connectivity index (χ2v) is 14.7. The number of hydrogen-bond donors (Lipinski definition) is 1. The quantitative estimate of drug-likeness (QED) is 0.174. The van der Waals surface area contributed by atoms with Gasteiger partial charge in [0, 0.05) is 17.5 Å². The highest BCUT2D eigenvalue weighted by Gasteiger charge is 2.34. The van der Waals surface area contributed by atoms with Crippen molar-refractivity contribution in [3.63, 3.8) is 0 Å². The molecule has 1 N–H and O–H groups in total. The first-order valence-corrected chi connectivity index (χ1v) is 18.9. The van der Waals surface area contributed by atoms with E-state index in [1.54, 1.807) is 54.6 Å². The zero-order chi connectivity index (χ0) is 33.3. The second kappa shape index (κ2) is 16.8. The van der Waals surface area contributed by atoms with Gasteiger partial charge in [-0.25, -0.2) is 8.42 Å². The number of sulfonamides is 1. The minimum atomic E-state index is -4.20. The van der Waals surface area contributed by atoms with Crippen molar-refractivity contribution in [2.45, 2.75) is 80.8 Å². The lowest BCUT2D eigenvalue weighted by Crippen LogP contribution is -2.54. The Morgan fingerprint density at radius 2 is 1.63 bits per heavy atom. The molecule has 0 heterocycles. The fourth-order valence-electron chi connectivity index (χ4n) is 5.58. The number of carbonyl (C=O) groups is 2. The molecule has 2 amide bonds. The van der Waals surface area contributed by atoms with E-state index in [0.717, 1.165) is 41.3 Å². The number of carbonyl (C=O) groups excluding carboxylic acids is 2. The van der Waals surface area contributed by atoms with E-state index in [4.69, 9.17) is 27.9 Å². The lowest BCUT2D eigenvalue weighted by molar-refractivity contribution is -0.140. The molecule has 0 aliphatic heterocycles. The van der Waals surface area contributed by atoms with E-state index < -0.39 is 28.5 Å². The molecule has 4 rings (SSSR count). The van der Waals surface area contributed by atoms with Crippen LogP contribution < -0.4 is 14.4 Å². The minimum absolute atomic E-state index is 0.0336. The molecule has 0 spiro atoms. The van der Waals surface area contributed by atoms with E-state index >= 15 is 0 Å². The third-order valence-electron chi connectivity index (χ3n) is 8.04. The van der Waals surface area contributed by atoms with Crippen molar-refractivity contribution in [3.8, 4) is 5.75 Å². The van der Waals surface area contributed by atoms with Crippen LogP contribution in [0.2, 0.25) is 10.0 Å². The average Bonchev–Trinajstić information content (AvgIpc) is 3.06. The zero-order valence-corrected chi connectivity index (χ0v) is 29.5. The summed E-state index contributed by atoms with van der Waals surface area (Å²) in [4.78, 5) is 30.5. The summed E-state index contributed by atoms with van der Waals surface area (Å²) < 4.78 is 35.0. The van der Waals surface area contributed by atoms with Gasteiger partial charge in [0.05, 0.1) is 27.2 Å². The van der Waals surface area contributed by atoms with Gasteiger partial charge in [-0.1, -0.05) is 55.5 Å². The summed E-state index contributed by atoms with van der Waals surface area (Å²) in [6, 6.07) is 17.3. The van der Waals surface area contributed by atoms with Gasteiger partial charge in [-0.15, -0.1) is 11.8 Å².